The molecule has 0 spiro atoms. The first-order valence-corrected chi connectivity index (χ1v) is 8.46. The van der Waals surface area contributed by atoms with E-state index in [1.807, 2.05) is 30.3 Å². The fourth-order valence-corrected chi connectivity index (χ4v) is 2.69. The standard InChI is InChI=1S/C15H24N2S2/c1-2-3-4-5-6-10-13-19-15(18)17-16-14-11-8-7-9-12-14/h7-9,11-12,16H,2-6,10,13H2,1H3,(H,17,18). The summed E-state index contributed by atoms with van der Waals surface area (Å²) >= 11 is 6.98. The molecule has 2 N–H and O–H groups in total. The van der Waals surface area contributed by atoms with Gasteiger partial charge in [-0.2, -0.15) is 0 Å². The number of rotatable bonds is 9. The Morgan fingerprint density at radius 3 is 2.47 bits per heavy atom. The van der Waals surface area contributed by atoms with E-state index in [4.69, 9.17) is 12.2 Å². The summed E-state index contributed by atoms with van der Waals surface area (Å²) in [6, 6.07) is 10.0. The zero-order valence-corrected chi connectivity index (χ0v) is 13.3. The molecule has 0 unspecified atom stereocenters. The Hall–Kier alpha value is -0.740. The van der Waals surface area contributed by atoms with Gasteiger partial charge in [-0.3, -0.25) is 10.9 Å². The van der Waals surface area contributed by atoms with Crippen molar-refractivity contribution in [2.24, 2.45) is 0 Å². The van der Waals surface area contributed by atoms with Crippen LogP contribution in [0.3, 0.4) is 0 Å². The van der Waals surface area contributed by atoms with Gasteiger partial charge in [-0.1, -0.05) is 81.2 Å². The van der Waals surface area contributed by atoms with Gasteiger partial charge in [0.1, 0.15) is 0 Å². The van der Waals surface area contributed by atoms with Gasteiger partial charge < -0.3 is 0 Å². The molecule has 1 aromatic rings. The quantitative estimate of drug-likeness (QED) is 0.381. The Kier molecular flexibility index (Phi) is 9.55. The summed E-state index contributed by atoms with van der Waals surface area (Å²) in [6.07, 6.45) is 7.99. The molecule has 2 nitrogen and oxygen atoms in total. The van der Waals surface area contributed by atoms with E-state index < -0.39 is 0 Å². The third kappa shape index (κ3) is 8.89. The van der Waals surface area contributed by atoms with Gasteiger partial charge in [0.05, 0.1) is 5.69 Å². The van der Waals surface area contributed by atoms with Gasteiger partial charge >= 0.3 is 0 Å². The molecule has 0 saturated heterocycles. The van der Waals surface area contributed by atoms with Crippen LogP contribution in [0.2, 0.25) is 0 Å². The summed E-state index contributed by atoms with van der Waals surface area (Å²) in [5.74, 6) is 1.11. The number of thiocarbonyl (C=S) groups is 1. The Balaban J connectivity index is 1.96. The molecule has 19 heavy (non-hydrogen) atoms. The lowest BCUT2D eigenvalue weighted by atomic mass is 10.1. The summed E-state index contributed by atoms with van der Waals surface area (Å²) in [5, 5.41) is 0. The monoisotopic (exact) mass is 296 g/mol. The van der Waals surface area contributed by atoms with E-state index in [0.717, 1.165) is 15.8 Å². The number of hydrazine groups is 1. The van der Waals surface area contributed by atoms with Crippen molar-refractivity contribution in [2.45, 2.75) is 45.4 Å². The van der Waals surface area contributed by atoms with Crippen LogP contribution in [0.4, 0.5) is 5.69 Å². The molecule has 1 rings (SSSR count). The minimum absolute atomic E-state index is 0.817. The lowest BCUT2D eigenvalue weighted by Crippen LogP contribution is -2.25. The molecule has 0 heterocycles. The maximum Gasteiger partial charge on any atom is 0.152 e. The predicted molar refractivity (Wildman–Crippen MR) is 91.6 cm³/mol. The van der Waals surface area contributed by atoms with E-state index >= 15 is 0 Å². The van der Waals surface area contributed by atoms with Crippen molar-refractivity contribution >= 4 is 34.0 Å². The number of nitrogens with one attached hydrogen (secondary N) is 2. The fraction of sp³-hybridized carbons (Fsp3) is 0.533. The number of unbranched alkanes of at least 4 members (excludes halogenated alkanes) is 5. The van der Waals surface area contributed by atoms with Gasteiger partial charge in [-0.05, 0) is 18.6 Å². The van der Waals surface area contributed by atoms with Gasteiger partial charge in [0, 0.05) is 5.75 Å². The summed E-state index contributed by atoms with van der Waals surface area (Å²) in [7, 11) is 0. The van der Waals surface area contributed by atoms with Gasteiger partial charge in [0.15, 0.2) is 4.32 Å². The number of thioether (sulfide) groups is 1. The van der Waals surface area contributed by atoms with Crippen LogP contribution in [0.5, 0.6) is 0 Å². The van der Waals surface area contributed by atoms with Gasteiger partial charge in [-0.15, -0.1) is 0 Å². The molecule has 106 valence electrons. The van der Waals surface area contributed by atoms with Crippen molar-refractivity contribution in [2.75, 3.05) is 11.2 Å². The maximum absolute atomic E-state index is 5.26. The summed E-state index contributed by atoms with van der Waals surface area (Å²) in [5.41, 5.74) is 7.19. The molecule has 4 heteroatoms. The Labute approximate surface area is 126 Å². The van der Waals surface area contributed by atoms with Gasteiger partial charge in [0.25, 0.3) is 0 Å². The number of anilines is 1. The van der Waals surface area contributed by atoms with E-state index in [1.165, 1.54) is 38.5 Å². The van der Waals surface area contributed by atoms with E-state index in [2.05, 4.69) is 17.8 Å². The first-order valence-electron chi connectivity index (χ1n) is 7.06. The van der Waals surface area contributed by atoms with Crippen LogP contribution in [0.15, 0.2) is 30.3 Å². The highest BCUT2D eigenvalue weighted by molar-refractivity contribution is 8.22. The molecular weight excluding hydrogens is 272 g/mol. The molecular formula is C15H24N2S2. The van der Waals surface area contributed by atoms with E-state index in [-0.39, 0.29) is 0 Å². The average molecular weight is 297 g/mol. The minimum atomic E-state index is 0.817. The number of hydrogen-bond donors (Lipinski definition) is 2. The highest BCUT2D eigenvalue weighted by atomic mass is 32.2. The molecule has 0 amide bonds. The first-order chi connectivity index (χ1) is 9.33. The highest BCUT2D eigenvalue weighted by Crippen LogP contribution is 2.11. The topological polar surface area (TPSA) is 24.1 Å². The molecule has 0 saturated carbocycles. The SMILES string of the molecule is CCCCCCCCSC(=S)NNc1ccccc1. The van der Waals surface area contributed by atoms with Crippen molar-refractivity contribution in [3.05, 3.63) is 30.3 Å². The van der Waals surface area contributed by atoms with Crippen molar-refractivity contribution in [3.8, 4) is 0 Å². The van der Waals surface area contributed by atoms with Crippen molar-refractivity contribution in [1.29, 1.82) is 0 Å². The molecule has 0 radical (unpaired) electrons. The second-order valence-corrected chi connectivity index (χ2v) is 6.29. The molecule has 0 aliphatic carbocycles. The van der Waals surface area contributed by atoms with Crippen molar-refractivity contribution < 1.29 is 0 Å². The van der Waals surface area contributed by atoms with Gasteiger partial charge in [0.2, 0.25) is 0 Å². The van der Waals surface area contributed by atoms with E-state index in [1.54, 1.807) is 11.8 Å². The first kappa shape index (κ1) is 16.3. The summed E-state index contributed by atoms with van der Waals surface area (Å²) < 4.78 is 0.817. The normalized spacial score (nSPS) is 10.2. The van der Waals surface area contributed by atoms with Crippen LogP contribution in [-0.4, -0.2) is 10.1 Å². The van der Waals surface area contributed by atoms with Crippen LogP contribution < -0.4 is 10.9 Å². The van der Waals surface area contributed by atoms with Crippen LogP contribution in [0.1, 0.15) is 45.4 Å². The van der Waals surface area contributed by atoms with E-state index in [0.29, 0.717) is 0 Å². The second kappa shape index (κ2) is 11.1. The van der Waals surface area contributed by atoms with Crippen LogP contribution in [-0.2, 0) is 0 Å². The minimum Gasteiger partial charge on any atom is -0.300 e. The van der Waals surface area contributed by atoms with Crippen molar-refractivity contribution in [1.82, 2.24) is 5.43 Å². The summed E-state index contributed by atoms with van der Waals surface area (Å²) in [6.45, 7) is 2.25. The Bertz CT molecular complexity index is 341. The van der Waals surface area contributed by atoms with Crippen molar-refractivity contribution in [3.63, 3.8) is 0 Å². The smallest absolute Gasteiger partial charge is 0.152 e. The third-order valence-corrected chi connectivity index (χ3v) is 4.13. The zero-order chi connectivity index (χ0) is 13.8. The largest absolute Gasteiger partial charge is 0.300 e. The molecule has 0 aliphatic rings. The fourth-order valence-electron chi connectivity index (χ4n) is 1.73. The molecule has 0 aromatic heterocycles. The average Bonchev–Trinajstić information content (AvgIpc) is 2.45. The molecule has 1 aromatic carbocycles. The highest BCUT2D eigenvalue weighted by Gasteiger charge is 1.97. The van der Waals surface area contributed by atoms with Crippen LogP contribution in [0.25, 0.3) is 0 Å². The zero-order valence-electron chi connectivity index (χ0n) is 11.7. The lowest BCUT2D eigenvalue weighted by Gasteiger charge is -2.09. The molecule has 0 aliphatic heterocycles. The number of benzene rings is 1. The van der Waals surface area contributed by atoms with E-state index in [9.17, 15) is 0 Å². The molecule has 0 bridgehead atoms. The number of para-hydroxylation sites is 1. The predicted octanol–water partition coefficient (Wildman–Crippen LogP) is 4.98. The molecule has 0 atom stereocenters. The summed E-state index contributed by atoms with van der Waals surface area (Å²) in [4.78, 5) is 0. The number of hydrogen-bond acceptors (Lipinski definition) is 3. The second-order valence-electron chi connectivity index (χ2n) is 4.52. The Morgan fingerprint density at radius 1 is 1.05 bits per heavy atom. The third-order valence-electron chi connectivity index (χ3n) is 2.81. The van der Waals surface area contributed by atoms with Gasteiger partial charge in [-0.25, -0.2) is 0 Å². The lowest BCUT2D eigenvalue weighted by molar-refractivity contribution is 0.627. The van der Waals surface area contributed by atoms with Crippen LogP contribution in [0, 0.1) is 0 Å². The maximum atomic E-state index is 5.26. The Morgan fingerprint density at radius 2 is 1.74 bits per heavy atom. The molecule has 0 fully saturated rings. The van der Waals surface area contributed by atoms with Crippen LogP contribution >= 0.6 is 24.0 Å².